The molecule has 0 atom stereocenters. The van der Waals surface area contributed by atoms with Crippen LogP contribution < -0.4 is 11.1 Å². The van der Waals surface area contributed by atoms with Crippen molar-refractivity contribution in [2.24, 2.45) is 10.9 Å². The van der Waals surface area contributed by atoms with Crippen LogP contribution in [-0.4, -0.2) is 17.7 Å². The Morgan fingerprint density at radius 2 is 1.67 bits per heavy atom. The first-order valence-corrected chi connectivity index (χ1v) is 8.71. The van der Waals surface area contributed by atoms with Crippen LogP contribution in [0.1, 0.15) is 6.42 Å². The fourth-order valence-electron chi connectivity index (χ4n) is 1.62. The first-order chi connectivity index (χ1) is 11.5. The fourth-order valence-corrected chi connectivity index (χ4v) is 2.75. The van der Waals surface area contributed by atoms with E-state index in [1.54, 1.807) is 36.0 Å². The summed E-state index contributed by atoms with van der Waals surface area (Å²) >= 11 is 13.2. The summed E-state index contributed by atoms with van der Waals surface area (Å²) in [4.78, 5) is 17.4. The number of nitrogens with one attached hydrogen (secondary N) is 1. The van der Waals surface area contributed by atoms with Crippen molar-refractivity contribution in [1.29, 1.82) is 0 Å². The minimum atomic E-state index is -0.717. The normalized spacial score (nSPS) is 11.2. The predicted octanol–water partition coefficient (Wildman–Crippen LogP) is 5.00. The van der Waals surface area contributed by atoms with Gasteiger partial charge in [0.25, 0.3) is 0 Å². The minimum Gasteiger partial charge on any atom is -0.384 e. The van der Waals surface area contributed by atoms with Gasteiger partial charge < -0.3 is 5.73 Å². The number of hydrogen-bond donors (Lipinski definition) is 2. The summed E-state index contributed by atoms with van der Waals surface area (Å²) in [5.74, 6) is 0.946. The molecule has 5 nitrogen and oxygen atoms in total. The maximum absolute atomic E-state index is 11.6. The Bertz CT molecular complexity index is 706. The SMILES string of the molecule is N/C(CCSc1ccc(Cl)cc1)=N\OC(=O)Nc1ccc(Cl)cc1. The van der Waals surface area contributed by atoms with Crippen LogP contribution >= 0.6 is 35.0 Å². The summed E-state index contributed by atoms with van der Waals surface area (Å²) in [6.07, 6.45) is -0.229. The zero-order valence-corrected chi connectivity index (χ0v) is 14.9. The molecule has 126 valence electrons. The molecule has 0 aromatic heterocycles. The molecular weight excluding hydrogens is 369 g/mol. The lowest BCUT2D eigenvalue weighted by molar-refractivity contribution is 0.166. The number of nitrogens with zero attached hydrogens (tertiary/aromatic N) is 1. The van der Waals surface area contributed by atoms with Gasteiger partial charge in [0.2, 0.25) is 0 Å². The lowest BCUT2D eigenvalue weighted by Crippen LogP contribution is -2.17. The van der Waals surface area contributed by atoms with Crippen molar-refractivity contribution >= 4 is 52.6 Å². The van der Waals surface area contributed by atoms with Crippen molar-refractivity contribution < 1.29 is 9.63 Å². The van der Waals surface area contributed by atoms with Gasteiger partial charge in [0.05, 0.1) is 0 Å². The average molecular weight is 384 g/mol. The number of nitrogens with two attached hydrogens (primary N) is 1. The highest BCUT2D eigenvalue weighted by molar-refractivity contribution is 7.99. The van der Waals surface area contributed by atoms with E-state index in [2.05, 4.69) is 10.5 Å². The van der Waals surface area contributed by atoms with Crippen molar-refractivity contribution in [3.63, 3.8) is 0 Å². The van der Waals surface area contributed by atoms with Gasteiger partial charge in [0, 0.05) is 32.8 Å². The molecule has 3 N–H and O–H groups in total. The summed E-state index contributed by atoms with van der Waals surface area (Å²) in [5, 5.41) is 7.39. The number of hydrogen-bond acceptors (Lipinski definition) is 4. The summed E-state index contributed by atoms with van der Waals surface area (Å²) in [7, 11) is 0. The molecule has 2 aromatic carbocycles. The number of anilines is 1. The number of carbonyl (C=O) groups excluding carboxylic acids is 1. The minimum absolute atomic E-state index is 0.239. The third kappa shape index (κ3) is 6.70. The summed E-state index contributed by atoms with van der Waals surface area (Å²) in [6, 6.07) is 14.1. The van der Waals surface area contributed by atoms with Crippen LogP contribution in [0.25, 0.3) is 0 Å². The molecule has 0 spiro atoms. The van der Waals surface area contributed by atoms with Crippen molar-refractivity contribution in [2.75, 3.05) is 11.1 Å². The number of oxime groups is 1. The summed E-state index contributed by atoms with van der Waals surface area (Å²) in [6.45, 7) is 0. The summed E-state index contributed by atoms with van der Waals surface area (Å²) < 4.78 is 0. The smallest absolute Gasteiger partial charge is 0.384 e. The number of thioether (sulfide) groups is 1. The maximum atomic E-state index is 11.6. The van der Waals surface area contributed by atoms with E-state index in [-0.39, 0.29) is 5.84 Å². The molecular formula is C16H15Cl2N3O2S. The highest BCUT2D eigenvalue weighted by Gasteiger charge is 2.04. The molecule has 0 aliphatic carbocycles. The molecule has 0 unspecified atom stereocenters. The number of carbonyl (C=O) groups is 1. The van der Waals surface area contributed by atoms with Gasteiger partial charge in [-0.05, 0) is 48.5 Å². The lowest BCUT2D eigenvalue weighted by atomic mass is 10.3. The highest BCUT2D eigenvalue weighted by atomic mass is 35.5. The predicted molar refractivity (Wildman–Crippen MR) is 100.0 cm³/mol. The molecule has 0 heterocycles. The van der Waals surface area contributed by atoms with Gasteiger partial charge in [-0.25, -0.2) is 4.79 Å². The van der Waals surface area contributed by atoms with Gasteiger partial charge >= 0.3 is 6.09 Å². The van der Waals surface area contributed by atoms with Crippen molar-refractivity contribution in [1.82, 2.24) is 0 Å². The number of benzene rings is 2. The molecule has 0 aliphatic rings. The van der Waals surface area contributed by atoms with Crippen LogP contribution in [0.3, 0.4) is 0 Å². The van der Waals surface area contributed by atoms with E-state index >= 15 is 0 Å². The van der Waals surface area contributed by atoms with E-state index in [0.29, 0.717) is 27.9 Å². The molecule has 0 saturated heterocycles. The van der Waals surface area contributed by atoms with E-state index in [1.165, 1.54) is 0 Å². The Kier molecular flexibility index (Phi) is 7.24. The zero-order chi connectivity index (χ0) is 17.4. The molecule has 0 aliphatic heterocycles. The highest BCUT2D eigenvalue weighted by Crippen LogP contribution is 2.20. The lowest BCUT2D eigenvalue weighted by Gasteiger charge is -2.04. The Hall–Kier alpha value is -1.89. The number of rotatable bonds is 6. The van der Waals surface area contributed by atoms with Crippen molar-refractivity contribution in [3.8, 4) is 0 Å². The third-order valence-electron chi connectivity index (χ3n) is 2.78. The van der Waals surface area contributed by atoms with Crippen LogP contribution in [0.2, 0.25) is 10.0 Å². The first kappa shape index (κ1) is 18.4. The maximum Gasteiger partial charge on any atom is 0.437 e. The number of amidine groups is 1. The number of amides is 1. The van der Waals surface area contributed by atoms with Gasteiger partial charge in [0.15, 0.2) is 0 Å². The van der Waals surface area contributed by atoms with Gasteiger partial charge in [-0.15, -0.1) is 11.8 Å². The largest absolute Gasteiger partial charge is 0.437 e. The second-order valence-electron chi connectivity index (χ2n) is 4.65. The topological polar surface area (TPSA) is 76.7 Å². The fraction of sp³-hybridized carbons (Fsp3) is 0.125. The van der Waals surface area contributed by atoms with E-state index in [0.717, 1.165) is 4.90 Å². The molecule has 8 heteroatoms. The third-order valence-corrected chi connectivity index (χ3v) is 4.29. The van der Waals surface area contributed by atoms with E-state index in [4.69, 9.17) is 33.8 Å². The Balaban J connectivity index is 1.71. The average Bonchev–Trinajstić information content (AvgIpc) is 2.57. The zero-order valence-electron chi connectivity index (χ0n) is 12.5. The van der Waals surface area contributed by atoms with Crippen molar-refractivity contribution in [3.05, 3.63) is 58.6 Å². The van der Waals surface area contributed by atoms with E-state index in [1.807, 2.05) is 24.3 Å². The molecule has 1 amide bonds. The van der Waals surface area contributed by atoms with Gasteiger partial charge in [-0.3, -0.25) is 10.2 Å². The Labute approximate surface area is 154 Å². The van der Waals surface area contributed by atoms with Gasteiger partial charge in [0.1, 0.15) is 5.84 Å². The molecule has 0 radical (unpaired) electrons. The monoisotopic (exact) mass is 383 g/mol. The van der Waals surface area contributed by atoms with Gasteiger partial charge in [-0.1, -0.05) is 28.4 Å². The molecule has 2 aromatic rings. The van der Waals surface area contributed by atoms with E-state index < -0.39 is 6.09 Å². The Morgan fingerprint density at radius 3 is 2.29 bits per heavy atom. The van der Waals surface area contributed by atoms with Crippen LogP contribution in [0.5, 0.6) is 0 Å². The molecule has 0 bridgehead atoms. The van der Waals surface area contributed by atoms with Crippen molar-refractivity contribution in [2.45, 2.75) is 11.3 Å². The molecule has 0 fully saturated rings. The quantitative estimate of drug-likeness (QED) is 0.242. The van der Waals surface area contributed by atoms with Crippen LogP contribution in [0.4, 0.5) is 10.5 Å². The van der Waals surface area contributed by atoms with Crippen LogP contribution in [0, 0.1) is 0 Å². The molecule has 2 rings (SSSR count). The van der Waals surface area contributed by atoms with Crippen LogP contribution in [-0.2, 0) is 4.84 Å². The second kappa shape index (κ2) is 9.42. The second-order valence-corrected chi connectivity index (χ2v) is 6.69. The number of halogens is 2. The standard InChI is InChI=1S/C16H15Cl2N3O2S/c17-11-1-5-13(6-2-11)20-16(22)23-21-15(19)9-10-24-14-7-3-12(18)4-8-14/h1-8H,9-10H2,(H2,19,21)(H,20,22). The Morgan fingerprint density at radius 1 is 1.08 bits per heavy atom. The van der Waals surface area contributed by atoms with E-state index in [9.17, 15) is 4.79 Å². The summed E-state index contributed by atoms with van der Waals surface area (Å²) in [5.41, 5.74) is 6.27. The molecule has 0 saturated carbocycles. The van der Waals surface area contributed by atoms with Crippen LogP contribution in [0.15, 0.2) is 58.6 Å². The first-order valence-electron chi connectivity index (χ1n) is 6.97. The molecule has 24 heavy (non-hydrogen) atoms. The van der Waals surface area contributed by atoms with Gasteiger partial charge in [-0.2, -0.15) is 0 Å².